The Morgan fingerprint density at radius 3 is 2.50 bits per heavy atom. The summed E-state index contributed by atoms with van der Waals surface area (Å²) in [5.41, 5.74) is 1.13. The smallest absolute Gasteiger partial charge is 0.0648 e. The number of hydrogen-bond donors (Lipinski definition) is 2. The van der Waals surface area contributed by atoms with Gasteiger partial charge in [-0.3, -0.25) is 0 Å². The quantitative estimate of drug-likeness (QED) is 0.824. The van der Waals surface area contributed by atoms with Crippen LogP contribution in [-0.4, -0.2) is 18.6 Å². The Balaban J connectivity index is 2.38. The molecule has 0 bridgehead atoms. The van der Waals surface area contributed by atoms with Gasteiger partial charge in [-0.2, -0.15) is 0 Å². The van der Waals surface area contributed by atoms with Crippen molar-refractivity contribution in [2.45, 2.75) is 26.3 Å². The van der Waals surface area contributed by atoms with Crippen molar-refractivity contribution in [3.63, 3.8) is 0 Å². The largest absolute Gasteiger partial charge is 0.383 e. The average molecular weight is 306 g/mol. The van der Waals surface area contributed by atoms with Gasteiger partial charge in [0, 0.05) is 23.1 Å². The van der Waals surface area contributed by atoms with Crippen LogP contribution in [0.4, 0.5) is 5.69 Å². The molecule has 0 saturated carbocycles. The second-order valence-electron chi connectivity index (χ2n) is 4.73. The summed E-state index contributed by atoms with van der Waals surface area (Å²) in [5.74, 6) is 0. The molecule has 4 heteroatoms. The number of rotatable bonds is 4. The molecule has 0 atom stereocenters. The van der Waals surface area contributed by atoms with Crippen molar-refractivity contribution in [2.75, 3.05) is 18.4 Å². The number of anilines is 1. The highest BCUT2D eigenvalue weighted by atomic mass is 79.9. The van der Waals surface area contributed by atoms with Crippen molar-refractivity contribution in [1.82, 2.24) is 5.32 Å². The summed E-state index contributed by atoms with van der Waals surface area (Å²) in [6, 6.07) is 5.84. The third kappa shape index (κ3) is 5.19. The zero-order valence-corrected chi connectivity index (χ0v) is 12.2. The Kier molecular flexibility index (Phi) is 5.09. The number of benzene rings is 1. The van der Waals surface area contributed by atoms with Crippen LogP contribution in [0.3, 0.4) is 0 Å². The number of nitrogens with one attached hydrogen (secondary N) is 2. The van der Waals surface area contributed by atoms with Gasteiger partial charge in [0.05, 0.1) is 10.7 Å². The van der Waals surface area contributed by atoms with Crippen molar-refractivity contribution < 1.29 is 0 Å². The first-order valence-corrected chi connectivity index (χ1v) is 6.49. The lowest BCUT2D eigenvalue weighted by atomic mass is 10.1. The van der Waals surface area contributed by atoms with Gasteiger partial charge < -0.3 is 10.6 Å². The first-order valence-electron chi connectivity index (χ1n) is 5.32. The van der Waals surface area contributed by atoms with Gasteiger partial charge in [0.25, 0.3) is 0 Å². The topological polar surface area (TPSA) is 24.1 Å². The molecule has 90 valence electrons. The fourth-order valence-electron chi connectivity index (χ4n) is 1.27. The van der Waals surface area contributed by atoms with Gasteiger partial charge >= 0.3 is 0 Å². The van der Waals surface area contributed by atoms with Crippen molar-refractivity contribution in [3.8, 4) is 0 Å². The third-order valence-electron chi connectivity index (χ3n) is 2.03. The normalized spacial score (nSPS) is 11.6. The van der Waals surface area contributed by atoms with Crippen LogP contribution in [0.15, 0.2) is 22.7 Å². The molecule has 0 aliphatic heterocycles. The van der Waals surface area contributed by atoms with Crippen LogP contribution in [-0.2, 0) is 0 Å². The van der Waals surface area contributed by atoms with Crippen molar-refractivity contribution in [1.29, 1.82) is 0 Å². The van der Waals surface area contributed by atoms with E-state index in [2.05, 4.69) is 47.3 Å². The van der Waals surface area contributed by atoms with Gasteiger partial charge in [-0.15, -0.1) is 0 Å². The second kappa shape index (κ2) is 5.89. The standard InChI is InChI=1S/C12H18BrClN2/c1-12(2,3)16-7-6-15-11-5-4-9(13)8-10(11)14/h4-5,8,15-16H,6-7H2,1-3H3. The number of halogens is 2. The lowest BCUT2D eigenvalue weighted by Crippen LogP contribution is -2.38. The van der Waals surface area contributed by atoms with E-state index in [9.17, 15) is 0 Å². The van der Waals surface area contributed by atoms with Crippen molar-refractivity contribution >= 4 is 33.2 Å². The molecule has 0 aliphatic rings. The minimum Gasteiger partial charge on any atom is -0.383 e. The molecular weight excluding hydrogens is 288 g/mol. The summed E-state index contributed by atoms with van der Waals surface area (Å²) < 4.78 is 0.996. The van der Waals surface area contributed by atoms with E-state index in [1.807, 2.05) is 18.2 Å². The summed E-state index contributed by atoms with van der Waals surface area (Å²) in [7, 11) is 0. The maximum Gasteiger partial charge on any atom is 0.0648 e. The summed E-state index contributed by atoms with van der Waals surface area (Å²) in [6.45, 7) is 8.23. The fourth-order valence-corrected chi connectivity index (χ4v) is 2.01. The van der Waals surface area contributed by atoms with Crippen molar-refractivity contribution in [2.24, 2.45) is 0 Å². The summed E-state index contributed by atoms with van der Waals surface area (Å²) in [4.78, 5) is 0. The van der Waals surface area contributed by atoms with Crippen LogP contribution in [0, 0.1) is 0 Å². The molecule has 16 heavy (non-hydrogen) atoms. The maximum atomic E-state index is 6.09. The first kappa shape index (κ1) is 13.8. The zero-order valence-electron chi connectivity index (χ0n) is 9.90. The van der Waals surface area contributed by atoms with Crippen LogP contribution in [0.5, 0.6) is 0 Å². The van der Waals surface area contributed by atoms with E-state index in [1.54, 1.807) is 0 Å². The Bertz CT molecular complexity index is 347. The molecule has 0 fully saturated rings. The lowest BCUT2D eigenvalue weighted by Gasteiger charge is -2.20. The van der Waals surface area contributed by atoms with Gasteiger partial charge in [0.15, 0.2) is 0 Å². The monoisotopic (exact) mass is 304 g/mol. The van der Waals surface area contributed by atoms with E-state index < -0.39 is 0 Å². The van der Waals surface area contributed by atoms with E-state index in [4.69, 9.17) is 11.6 Å². The average Bonchev–Trinajstić information content (AvgIpc) is 2.13. The van der Waals surface area contributed by atoms with Crippen LogP contribution >= 0.6 is 27.5 Å². The molecule has 1 aromatic carbocycles. The van der Waals surface area contributed by atoms with E-state index in [0.717, 1.165) is 28.3 Å². The first-order chi connectivity index (χ1) is 7.38. The van der Waals surface area contributed by atoms with E-state index in [1.165, 1.54) is 0 Å². The maximum absolute atomic E-state index is 6.09. The van der Waals surface area contributed by atoms with Crippen molar-refractivity contribution in [3.05, 3.63) is 27.7 Å². The molecule has 0 spiro atoms. The van der Waals surface area contributed by atoms with E-state index >= 15 is 0 Å². The number of hydrogen-bond acceptors (Lipinski definition) is 2. The minimum atomic E-state index is 0.158. The molecule has 0 heterocycles. The van der Waals surface area contributed by atoms with Gasteiger partial charge in [0.2, 0.25) is 0 Å². The lowest BCUT2D eigenvalue weighted by molar-refractivity contribution is 0.435. The fraction of sp³-hybridized carbons (Fsp3) is 0.500. The highest BCUT2D eigenvalue weighted by Crippen LogP contribution is 2.25. The van der Waals surface area contributed by atoms with E-state index in [-0.39, 0.29) is 5.54 Å². The molecule has 0 radical (unpaired) electrons. The van der Waals surface area contributed by atoms with Crippen LogP contribution in [0.1, 0.15) is 20.8 Å². The molecule has 2 nitrogen and oxygen atoms in total. The highest BCUT2D eigenvalue weighted by molar-refractivity contribution is 9.10. The second-order valence-corrected chi connectivity index (χ2v) is 6.05. The molecule has 0 amide bonds. The van der Waals surface area contributed by atoms with Gasteiger partial charge in [-0.05, 0) is 39.0 Å². The predicted molar refractivity (Wildman–Crippen MR) is 75.4 cm³/mol. The molecule has 2 N–H and O–H groups in total. The van der Waals surface area contributed by atoms with Crippen LogP contribution < -0.4 is 10.6 Å². The van der Waals surface area contributed by atoms with Crippen LogP contribution in [0.25, 0.3) is 0 Å². The summed E-state index contributed by atoms with van der Waals surface area (Å²) in [6.07, 6.45) is 0. The Hall–Kier alpha value is -0.250. The summed E-state index contributed by atoms with van der Waals surface area (Å²) in [5, 5.41) is 7.45. The third-order valence-corrected chi connectivity index (χ3v) is 2.83. The molecular formula is C12H18BrClN2. The molecule has 1 rings (SSSR count). The Morgan fingerprint density at radius 1 is 1.25 bits per heavy atom. The molecule has 1 aromatic rings. The predicted octanol–water partition coefficient (Wildman–Crippen LogP) is 3.90. The molecule has 0 aliphatic carbocycles. The SMILES string of the molecule is CC(C)(C)NCCNc1ccc(Br)cc1Cl. The van der Waals surface area contributed by atoms with Gasteiger partial charge in [0.1, 0.15) is 0 Å². The minimum absolute atomic E-state index is 0.158. The van der Waals surface area contributed by atoms with Crippen LogP contribution in [0.2, 0.25) is 5.02 Å². The Morgan fingerprint density at radius 2 is 1.94 bits per heavy atom. The summed E-state index contributed by atoms with van der Waals surface area (Å²) >= 11 is 9.47. The zero-order chi connectivity index (χ0) is 12.2. The van der Waals surface area contributed by atoms with Gasteiger partial charge in [-0.25, -0.2) is 0 Å². The van der Waals surface area contributed by atoms with E-state index in [0.29, 0.717) is 0 Å². The molecule has 0 unspecified atom stereocenters. The van der Waals surface area contributed by atoms with Gasteiger partial charge in [-0.1, -0.05) is 27.5 Å². The highest BCUT2D eigenvalue weighted by Gasteiger charge is 2.07. The molecule has 0 saturated heterocycles. The Labute approximate surface area is 111 Å². The molecule has 0 aromatic heterocycles.